The number of hydrogen-bond donors (Lipinski definition) is 2. The number of likely N-dealkylation sites (tertiary alicyclic amines) is 1. The molecule has 6 aliphatic rings. The van der Waals surface area contributed by atoms with Crippen LogP contribution in [0.1, 0.15) is 70.7 Å². The number of rotatable bonds is 8. The third-order valence-corrected chi connectivity index (χ3v) is 13.4. The summed E-state index contributed by atoms with van der Waals surface area (Å²) < 4.78 is 15.5. The lowest BCUT2D eigenvalue weighted by molar-refractivity contribution is -0.136. The zero-order valence-corrected chi connectivity index (χ0v) is 32.1. The van der Waals surface area contributed by atoms with Gasteiger partial charge in [-0.25, -0.2) is 9.37 Å². The predicted octanol–water partition coefficient (Wildman–Crippen LogP) is 4.55. The van der Waals surface area contributed by atoms with Gasteiger partial charge in [0.25, 0.3) is 11.8 Å². The van der Waals surface area contributed by atoms with Crippen molar-refractivity contribution >= 4 is 63.5 Å². The molecule has 2 aromatic heterocycles. The van der Waals surface area contributed by atoms with Crippen molar-refractivity contribution in [3.8, 4) is 11.1 Å². The van der Waals surface area contributed by atoms with Crippen molar-refractivity contribution in [2.75, 3.05) is 68.7 Å². The van der Waals surface area contributed by atoms with E-state index in [1.54, 1.807) is 0 Å². The molecular weight excluding hydrogens is 751 g/mol. The molecule has 0 bridgehead atoms. The summed E-state index contributed by atoms with van der Waals surface area (Å²) in [5.41, 5.74) is 5.14. The Hall–Kier alpha value is -5.18. The number of anilines is 2. The Balaban J connectivity index is 0.715. The van der Waals surface area contributed by atoms with Gasteiger partial charge >= 0.3 is 0 Å². The second-order valence-electron chi connectivity index (χ2n) is 16.6. The third-order valence-electron chi connectivity index (χ3n) is 13.0. The smallest absolute Gasteiger partial charge is 0.262 e. The average Bonchev–Trinajstić information content (AvgIpc) is 3.89. The summed E-state index contributed by atoms with van der Waals surface area (Å²) in [4.78, 5) is 81.2. The van der Waals surface area contributed by atoms with E-state index in [2.05, 4.69) is 25.1 Å². The number of carbonyl (C=O) groups excluding carboxylic acids is 5. The van der Waals surface area contributed by atoms with Crippen LogP contribution in [0.25, 0.3) is 22.2 Å². The molecule has 1 spiro atoms. The number of fused-ring (bicyclic) bond motifs is 2. The number of nitrogens with zero attached hydrogens (tertiary/aromatic N) is 6. The van der Waals surface area contributed by atoms with Crippen LogP contribution in [0.15, 0.2) is 48.8 Å². The van der Waals surface area contributed by atoms with Crippen LogP contribution in [0.5, 0.6) is 0 Å². The number of hydrogen-bond acceptors (Lipinski definition) is 9. The van der Waals surface area contributed by atoms with Gasteiger partial charge in [0.1, 0.15) is 17.5 Å². The maximum Gasteiger partial charge on any atom is 0.262 e. The molecule has 13 nitrogen and oxygen atoms in total. The topological polar surface area (TPSA) is 142 Å². The van der Waals surface area contributed by atoms with Crippen molar-refractivity contribution in [2.24, 2.45) is 5.41 Å². The number of amides is 5. The van der Waals surface area contributed by atoms with Crippen LogP contribution in [0.4, 0.5) is 15.8 Å². The predicted molar refractivity (Wildman–Crippen MR) is 211 cm³/mol. The first-order chi connectivity index (χ1) is 27.6. The van der Waals surface area contributed by atoms with Gasteiger partial charge in [0.15, 0.2) is 0 Å². The van der Waals surface area contributed by atoms with Gasteiger partial charge in [-0.1, -0.05) is 23.7 Å². The van der Waals surface area contributed by atoms with E-state index in [0.29, 0.717) is 37.1 Å². The lowest BCUT2D eigenvalue weighted by atomic mass is 9.72. The highest BCUT2D eigenvalue weighted by molar-refractivity contribution is 6.38. The number of benzene rings is 2. The van der Waals surface area contributed by atoms with Gasteiger partial charge in [0.05, 0.1) is 28.4 Å². The molecule has 1 aliphatic carbocycles. The molecule has 7 heterocycles. The fourth-order valence-electron chi connectivity index (χ4n) is 9.63. The molecule has 2 N–H and O–H groups in total. The number of nitrogens with one attached hydrogen (secondary N) is 2. The first kappa shape index (κ1) is 36.2. The Labute approximate surface area is 333 Å². The highest BCUT2D eigenvalue weighted by atomic mass is 35.5. The van der Waals surface area contributed by atoms with Gasteiger partial charge < -0.3 is 19.7 Å². The van der Waals surface area contributed by atoms with E-state index < -0.39 is 35.5 Å². The SMILES string of the molecule is O=C1CCC(N2C(=O)c3cc(F)c(N4CCC5(CC4)CN(CCN4CCN(c6cccc(-c7cnc8[nH]cc(C9CC9)c8c7Cl)c6)C(=O)C4)C5)cc3C2=O)C(=O)N1. The molecule has 5 amide bonds. The van der Waals surface area contributed by atoms with Crippen LogP contribution in [0.3, 0.4) is 0 Å². The van der Waals surface area contributed by atoms with Gasteiger partial charge in [-0.3, -0.25) is 39.1 Å². The fourth-order valence-corrected chi connectivity index (χ4v) is 9.98. The maximum atomic E-state index is 15.5. The lowest BCUT2D eigenvalue weighted by Crippen LogP contribution is -2.62. The Bertz CT molecular complexity index is 2380. The Morgan fingerprint density at radius 2 is 1.63 bits per heavy atom. The van der Waals surface area contributed by atoms with Gasteiger partial charge in [0.2, 0.25) is 17.7 Å². The largest absolute Gasteiger partial charge is 0.369 e. The first-order valence-corrected chi connectivity index (χ1v) is 20.2. The number of H-pyrrole nitrogens is 1. The molecule has 1 atom stereocenters. The molecule has 0 radical (unpaired) electrons. The number of pyridine rings is 1. The molecule has 15 heteroatoms. The minimum absolute atomic E-state index is 0.0204. The number of halogens is 2. The Morgan fingerprint density at radius 3 is 2.37 bits per heavy atom. The van der Waals surface area contributed by atoms with E-state index in [0.717, 1.165) is 84.4 Å². The second kappa shape index (κ2) is 13.7. The lowest BCUT2D eigenvalue weighted by Gasteiger charge is -2.55. The standard InChI is InChI=1S/C42H42ClFN8O5/c43-37-30(20-46-38-36(37)29(19-45-38)24-4-5-24)25-2-1-3-26(16-25)51-15-14-48(21-35(51)54)12-13-49-22-42(23-49)8-10-50(11-9-42)33-18-28-27(17-31(33)44)40(56)52(41(28)57)32-6-7-34(53)47-39(32)55/h1-3,16-20,24,32H,4-15,21-23H2,(H,45,46)(H,47,53,55). The summed E-state index contributed by atoms with van der Waals surface area (Å²) in [6, 6.07) is 9.46. The number of imide groups is 2. The van der Waals surface area contributed by atoms with Crippen molar-refractivity contribution in [1.82, 2.24) is 30.0 Å². The third kappa shape index (κ3) is 6.29. The van der Waals surface area contributed by atoms with Crippen LogP contribution in [-0.4, -0.2) is 119 Å². The number of aromatic amines is 1. The van der Waals surface area contributed by atoms with E-state index in [-0.39, 0.29) is 41.0 Å². The highest BCUT2D eigenvalue weighted by Crippen LogP contribution is 2.47. The van der Waals surface area contributed by atoms with E-state index in [9.17, 15) is 24.0 Å². The minimum atomic E-state index is -1.10. The summed E-state index contributed by atoms with van der Waals surface area (Å²) in [5, 5.41) is 3.88. The molecule has 4 aromatic rings. The van der Waals surface area contributed by atoms with Crippen molar-refractivity contribution in [2.45, 2.75) is 50.5 Å². The highest BCUT2D eigenvalue weighted by Gasteiger charge is 2.47. The van der Waals surface area contributed by atoms with Crippen molar-refractivity contribution in [3.63, 3.8) is 0 Å². The van der Waals surface area contributed by atoms with E-state index in [1.165, 1.54) is 24.5 Å². The van der Waals surface area contributed by atoms with Gasteiger partial charge in [-0.15, -0.1) is 0 Å². The maximum absolute atomic E-state index is 15.5. The first-order valence-electron chi connectivity index (χ1n) is 19.9. The quantitative estimate of drug-likeness (QED) is 0.246. The van der Waals surface area contributed by atoms with Crippen LogP contribution >= 0.6 is 11.6 Å². The van der Waals surface area contributed by atoms with Crippen molar-refractivity contribution in [3.05, 3.63) is 76.3 Å². The molecular formula is C42H42ClFN8O5. The van der Waals surface area contributed by atoms with E-state index in [4.69, 9.17) is 11.6 Å². The molecule has 294 valence electrons. The zero-order valence-electron chi connectivity index (χ0n) is 31.4. The van der Waals surface area contributed by atoms with Crippen molar-refractivity contribution in [1.29, 1.82) is 0 Å². The molecule has 1 unspecified atom stereocenters. The van der Waals surface area contributed by atoms with E-state index in [1.807, 2.05) is 46.5 Å². The normalized spacial score (nSPS) is 22.8. The van der Waals surface area contributed by atoms with Crippen LogP contribution in [-0.2, 0) is 14.4 Å². The minimum Gasteiger partial charge on any atom is -0.369 e. The summed E-state index contributed by atoms with van der Waals surface area (Å²) in [6.45, 7) is 6.51. The molecule has 57 heavy (non-hydrogen) atoms. The van der Waals surface area contributed by atoms with Crippen LogP contribution in [0, 0.1) is 11.2 Å². The average molecular weight is 793 g/mol. The van der Waals surface area contributed by atoms with Gasteiger partial charge in [0, 0.05) is 87.8 Å². The molecule has 5 aliphatic heterocycles. The molecule has 4 saturated heterocycles. The van der Waals surface area contributed by atoms with E-state index >= 15 is 4.39 Å². The monoisotopic (exact) mass is 792 g/mol. The number of piperazine rings is 1. The van der Waals surface area contributed by atoms with Gasteiger partial charge in [-0.05, 0) is 78.8 Å². The van der Waals surface area contributed by atoms with Crippen LogP contribution in [0.2, 0.25) is 5.02 Å². The van der Waals surface area contributed by atoms with Gasteiger partial charge in [-0.2, -0.15) is 0 Å². The molecule has 1 saturated carbocycles. The number of carbonyl (C=O) groups is 5. The number of piperidine rings is 2. The Kier molecular flexibility index (Phi) is 8.72. The zero-order chi connectivity index (χ0) is 39.2. The van der Waals surface area contributed by atoms with Crippen molar-refractivity contribution < 1.29 is 28.4 Å². The summed E-state index contributed by atoms with van der Waals surface area (Å²) >= 11 is 6.99. The fraction of sp³-hybridized carbons (Fsp3) is 0.429. The summed E-state index contributed by atoms with van der Waals surface area (Å²) in [5.74, 6) is -2.47. The summed E-state index contributed by atoms with van der Waals surface area (Å²) in [7, 11) is 0. The number of aromatic nitrogens is 2. The summed E-state index contributed by atoms with van der Waals surface area (Å²) in [6.07, 6.45) is 7.99. The van der Waals surface area contributed by atoms with Crippen LogP contribution < -0.4 is 15.1 Å². The Morgan fingerprint density at radius 1 is 0.877 bits per heavy atom. The molecule has 5 fully saturated rings. The second-order valence-corrected chi connectivity index (χ2v) is 17.0. The molecule has 2 aromatic carbocycles. The molecule has 10 rings (SSSR count).